The van der Waals surface area contributed by atoms with Gasteiger partial charge >= 0.3 is 5.97 Å². The zero-order valence-electron chi connectivity index (χ0n) is 14.3. The van der Waals surface area contributed by atoms with Gasteiger partial charge in [0.25, 0.3) is 5.91 Å². The molecule has 0 spiro atoms. The van der Waals surface area contributed by atoms with Crippen LogP contribution in [0, 0.1) is 11.3 Å². The topological polar surface area (TPSA) is 108 Å². The number of nitrogens with zero attached hydrogens (tertiary/aromatic N) is 1. The second kappa shape index (κ2) is 8.44. The van der Waals surface area contributed by atoms with Crippen molar-refractivity contribution in [3.8, 4) is 6.07 Å². The monoisotopic (exact) mass is 351 g/mol. The fraction of sp³-hybridized carbons (Fsp3) is 0.158. The van der Waals surface area contributed by atoms with E-state index >= 15 is 0 Å². The van der Waals surface area contributed by atoms with Crippen LogP contribution in [0.2, 0.25) is 0 Å². The Bertz CT molecular complexity index is 852. The van der Waals surface area contributed by atoms with Crippen LogP contribution in [-0.2, 0) is 14.3 Å². The third-order valence-electron chi connectivity index (χ3n) is 3.38. The van der Waals surface area contributed by atoms with Crippen LogP contribution in [0.5, 0.6) is 0 Å². The minimum absolute atomic E-state index is 0.214. The van der Waals surface area contributed by atoms with Gasteiger partial charge in [0.2, 0.25) is 5.91 Å². The van der Waals surface area contributed by atoms with Crippen molar-refractivity contribution < 1.29 is 19.1 Å². The lowest BCUT2D eigenvalue weighted by Crippen LogP contribution is -2.30. The van der Waals surface area contributed by atoms with E-state index in [-0.39, 0.29) is 11.5 Å². The van der Waals surface area contributed by atoms with Crippen LogP contribution in [0.15, 0.2) is 48.5 Å². The smallest absolute Gasteiger partial charge is 0.338 e. The number of benzene rings is 2. The number of nitriles is 1. The third-order valence-corrected chi connectivity index (χ3v) is 3.38. The van der Waals surface area contributed by atoms with Crippen LogP contribution in [-0.4, -0.2) is 23.9 Å². The van der Waals surface area contributed by atoms with Crippen molar-refractivity contribution in [2.75, 3.05) is 10.6 Å². The van der Waals surface area contributed by atoms with Gasteiger partial charge in [-0.25, -0.2) is 4.79 Å². The maximum Gasteiger partial charge on any atom is 0.338 e. The summed E-state index contributed by atoms with van der Waals surface area (Å²) in [4.78, 5) is 35.2. The summed E-state index contributed by atoms with van der Waals surface area (Å²) in [6, 6.07) is 14.4. The molecule has 0 aliphatic rings. The molecule has 26 heavy (non-hydrogen) atoms. The third kappa shape index (κ3) is 5.18. The number of amides is 2. The first-order valence-electron chi connectivity index (χ1n) is 7.78. The number of nitrogens with one attached hydrogen (secondary N) is 2. The van der Waals surface area contributed by atoms with Crippen molar-refractivity contribution in [2.24, 2.45) is 0 Å². The Hall–Kier alpha value is -3.66. The first-order valence-corrected chi connectivity index (χ1v) is 7.78. The first-order chi connectivity index (χ1) is 12.4. The highest BCUT2D eigenvalue weighted by atomic mass is 16.5. The lowest BCUT2D eigenvalue weighted by molar-refractivity contribution is -0.123. The summed E-state index contributed by atoms with van der Waals surface area (Å²) in [5.74, 6) is -1.35. The molecule has 2 aromatic rings. The Morgan fingerprint density at radius 1 is 0.962 bits per heavy atom. The molecule has 7 nitrogen and oxygen atoms in total. The van der Waals surface area contributed by atoms with Gasteiger partial charge in [-0.3, -0.25) is 9.59 Å². The van der Waals surface area contributed by atoms with Gasteiger partial charge in [-0.05, 0) is 55.5 Å². The largest absolute Gasteiger partial charge is 0.449 e. The summed E-state index contributed by atoms with van der Waals surface area (Å²) in [5, 5.41) is 13.9. The van der Waals surface area contributed by atoms with Crippen LogP contribution in [0.25, 0.3) is 0 Å². The Morgan fingerprint density at radius 2 is 1.50 bits per heavy atom. The van der Waals surface area contributed by atoms with E-state index in [0.29, 0.717) is 16.9 Å². The highest BCUT2D eigenvalue weighted by Gasteiger charge is 2.19. The quantitative estimate of drug-likeness (QED) is 0.805. The van der Waals surface area contributed by atoms with E-state index in [4.69, 9.17) is 10.00 Å². The summed E-state index contributed by atoms with van der Waals surface area (Å²) < 4.78 is 5.15. The van der Waals surface area contributed by atoms with E-state index in [2.05, 4.69) is 10.6 Å². The molecule has 0 heterocycles. The molecule has 0 radical (unpaired) electrons. The molecule has 2 amide bonds. The van der Waals surface area contributed by atoms with Gasteiger partial charge in [0, 0.05) is 18.3 Å². The second-order valence-corrected chi connectivity index (χ2v) is 5.48. The molecule has 0 aromatic heterocycles. The lowest BCUT2D eigenvalue weighted by Gasteiger charge is -2.14. The SMILES string of the molecule is CC(=O)Nc1ccc(C(=O)O[C@H](C)C(=O)Nc2ccc(C#N)cc2)cc1. The van der Waals surface area contributed by atoms with Crippen LogP contribution < -0.4 is 10.6 Å². The Kier molecular flexibility index (Phi) is 6.06. The van der Waals surface area contributed by atoms with Gasteiger partial charge < -0.3 is 15.4 Å². The van der Waals surface area contributed by atoms with Crippen molar-refractivity contribution in [1.29, 1.82) is 5.26 Å². The fourth-order valence-electron chi connectivity index (χ4n) is 2.05. The highest BCUT2D eigenvalue weighted by molar-refractivity contribution is 5.97. The predicted molar refractivity (Wildman–Crippen MR) is 95.4 cm³/mol. The number of carbonyl (C=O) groups is 3. The normalized spacial score (nSPS) is 11.0. The molecule has 0 fully saturated rings. The molecule has 2 N–H and O–H groups in total. The average Bonchev–Trinajstić information content (AvgIpc) is 2.62. The van der Waals surface area contributed by atoms with Crippen molar-refractivity contribution in [3.63, 3.8) is 0 Å². The molecular formula is C19H17N3O4. The minimum Gasteiger partial charge on any atom is -0.449 e. The maximum absolute atomic E-state index is 12.1. The summed E-state index contributed by atoms with van der Waals surface area (Å²) in [7, 11) is 0. The molecule has 0 saturated heterocycles. The zero-order valence-corrected chi connectivity index (χ0v) is 14.3. The number of hydrogen-bond donors (Lipinski definition) is 2. The van der Waals surface area contributed by atoms with Gasteiger partial charge in [0.1, 0.15) is 0 Å². The van der Waals surface area contributed by atoms with Crippen molar-refractivity contribution in [3.05, 3.63) is 59.7 Å². The predicted octanol–water partition coefficient (Wildman–Crippen LogP) is 2.70. The van der Waals surface area contributed by atoms with Crippen LogP contribution >= 0.6 is 0 Å². The Morgan fingerprint density at radius 3 is 2.04 bits per heavy atom. The number of esters is 1. The van der Waals surface area contributed by atoms with Gasteiger partial charge in [-0.2, -0.15) is 5.26 Å². The van der Waals surface area contributed by atoms with E-state index in [9.17, 15) is 14.4 Å². The van der Waals surface area contributed by atoms with Gasteiger partial charge in [-0.15, -0.1) is 0 Å². The van der Waals surface area contributed by atoms with E-state index < -0.39 is 18.0 Å². The molecule has 2 aromatic carbocycles. The van der Waals surface area contributed by atoms with E-state index in [1.54, 1.807) is 36.4 Å². The van der Waals surface area contributed by atoms with Crippen molar-refractivity contribution in [2.45, 2.75) is 20.0 Å². The molecule has 7 heteroatoms. The molecule has 2 rings (SSSR count). The summed E-state index contributed by atoms with van der Waals surface area (Å²) >= 11 is 0. The van der Waals surface area contributed by atoms with Gasteiger partial charge in [0.05, 0.1) is 17.2 Å². The zero-order chi connectivity index (χ0) is 19.1. The first kappa shape index (κ1) is 18.7. The highest BCUT2D eigenvalue weighted by Crippen LogP contribution is 2.13. The van der Waals surface area contributed by atoms with Crippen LogP contribution in [0.3, 0.4) is 0 Å². The van der Waals surface area contributed by atoms with E-state index in [0.717, 1.165) is 0 Å². The van der Waals surface area contributed by atoms with Gasteiger partial charge in [0.15, 0.2) is 6.10 Å². The Balaban J connectivity index is 1.93. The number of ether oxygens (including phenoxy) is 1. The van der Waals surface area contributed by atoms with Crippen LogP contribution in [0.1, 0.15) is 29.8 Å². The number of anilines is 2. The summed E-state index contributed by atoms with van der Waals surface area (Å²) in [5.41, 5.74) is 1.79. The van der Waals surface area contributed by atoms with Crippen LogP contribution in [0.4, 0.5) is 11.4 Å². The number of hydrogen-bond acceptors (Lipinski definition) is 5. The van der Waals surface area contributed by atoms with Gasteiger partial charge in [-0.1, -0.05) is 0 Å². The Labute approximate surface area is 150 Å². The molecule has 0 saturated carbocycles. The molecule has 0 bridgehead atoms. The molecule has 0 unspecified atom stereocenters. The maximum atomic E-state index is 12.1. The second-order valence-electron chi connectivity index (χ2n) is 5.48. The standard InChI is InChI=1S/C19H17N3O4/c1-12(18(24)22-17-7-3-14(11-20)4-8-17)26-19(25)15-5-9-16(10-6-15)21-13(2)23/h3-10,12H,1-2H3,(H,21,23)(H,22,24)/t12-/m1/s1. The van der Waals surface area contributed by atoms with E-state index in [1.165, 1.54) is 26.0 Å². The number of rotatable bonds is 5. The molecule has 1 atom stereocenters. The minimum atomic E-state index is -1.01. The van der Waals surface area contributed by atoms with Crippen molar-refractivity contribution >= 4 is 29.2 Å². The molecule has 132 valence electrons. The van der Waals surface area contributed by atoms with E-state index in [1.807, 2.05) is 6.07 Å². The molecule has 0 aliphatic heterocycles. The molecule has 0 aliphatic carbocycles. The summed E-state index contributed by atoms with van der Waals surface area (Å²) in [6.45, 7) is 2.85. The number of carbonyl (C=O) groups excluding carboxylic acids is 3. The van der Waals surface area contributed by atoms with Crippen molar-refractivity contribution in [1.82, 2.24) is 0 Å². The molecular weight excluding hydrogens is 334 g/mol. The fourth-order valence-corrected chi connectivity index (χ4v) is 2.05. The summed E-state index contributed by atoms with van der Waals surface area (Å²) in [6.07, 6.45) is -1.01. The lowest BCUT2D eigenvalue weighted by atomic mass is 10.2. The average molecular weight is 351 g/mol.